The Kier molecular flexibility index (Phi) is 4.55. The average Bonchev–Trinajstić information content (AvgIpc) is 3.51. The molecule has 0 atom stereocenters. The number of carboxylic acids is 1. The van der Waals surface area contributed by atoms with Gasteiger partial charge in [-0.15, -0.1) is 0 Å². The second-order valence-corrected chi connectivity index (χ2v) is 7.63. The number of carboxylic acid groups (broad SMARTS) is 1. The zero-order valence-electron chi connectivity index (χ0n) is 16.2. The van der Waals surface area contributed by atoms with Gasteiger partial charge in [-0.3, -0.25) is 9.59 Å². The van der Waals surface area contributed by atoms with Crippen LogP contribution in [0.5, 0.6) is 0 Å². The molecule has 2 heterocycles. The summed E-state index contributed by atoms with van der Waals surface area (Å²) >= 11 is 0. The minimum atomic E-state index is -1.42. The van der Waals surface area contributed by atoms with Crippen molar-refractivity contribution in [2.75, 3.05) is 31.1 Å². The minimum absolute atomic E-state index is 0.0506. The highest BCUT2D eigenvalue weighted by molar-refractivity contribution is 5.95. The van der Waals surface area contributed by atoms with Crippen LogP contribution in [0.15, 0.2) is 11.0 Å². The first-order valence-corrected chi connectivity index (χ1v) is 9.52. The van der Waals surface area contributed by atoms with E-state index in [1.165, 1.54) is 24.6 Å². The highest BCUT2D eigenvalue weighted by atomic mass is 19.1. The molecule has 0 spiro atoms. The van der Waals surface area contributed by atoms with E-state index in [4.69, 9.17) is 0 Å². The number of benzene rings is 1. The fourth-order valence-corrected chi connectivity index (χ4v) is 4.02. The summed E-state index contributed by atoms with van der Waals surface area (Å²) < 4.78 is 32.3. The number of pyridine rings is 1. The SMILES string of the molecule is CC(=O)N1CCN(c2c(F)c(C)c3c(=O)c(C(=O)O)cn(C4CC4)c3c2F)CC1. The number of hydrogen-bond donors (Lipinski definition) is 1. The molecule has 0 bridgehead atoms. The van der Waals surface area contributed by atoms with Gasteiger partial charge in [0.15, 0.2) is 11.6 Å². The number of hydrogen-bond acceptors (Lipinski definition) is 4. The largest absolute Gasteiger partial charge is 0.477 e. The van der Waals surface area contributed by atoms with E-state index in [9.17, 15) is 19.5 Å². The van der Waals surface area contributed by atoms with Gasteiger partial charge >= 0.3 is 5.97 Å². The van der Waals surface area contributed by atoms with Crippen LogP contribution in [0.3, 0.4) is 0 Å². The molecule has 2 aromatic rings. The molecular weight excluding hydrogens is 384 g/mol. The van der Waals surface area contributed by atoms with E-state index in [2.05, 4.69) is 0 Å². The van der Waals surface area contributed by atoms with Gasteiger partial charge in [-0.1, -0.05) is 0 Å². The summed E-state index contributed by atoms with van der Waals surface area (Å²) in [5.41, 5.74) is -1.71. The summed E-state index contributed by atoms with van der Waals surface area (Å²) in [6.07, 6.45) is 2.64. The van der Waals surface area contributed by atoms with Crippen LogP contribution in [0.25, 0.3) is 10.9 Å². The number of halogens is 2. The Labute approximate surface area is 165 Å². The summed E-state index contributed by atoms with van der Waals surface area (Å²) in [5.74, 6) is -3.24. The Hall–Kier alpha value is -2.97. The maximum atomic E-state index is 15.6. The monoisotopic (exact) mass is 405 g/mol. The van der Waals surface area contributed by atoms with Crippen LogP contribution in [-0.4, -0.2) is 52.6 Å². The molecule has 1 aliphatic heterocycles. The second kappa shape index (κ2) is 6.82. The van der Waals surface area contributed by atoms with Gasteiger partial charge in [0.05, 0.1) is 10.9 Å². The van der Waals surface area contributed by atoms with E-state index in [1.54, 1.807) is 9.80 Å². The number of piperazine rings is 1. The summed E-state index contributed by atoms with van der Waals surface area (Å²) in [5, 5.41) is 9.14. The van der Waals surface area contributed by atoms with Crippen molar-refractivity contribution in [2.45, 2.75) is 32.7 Å². The zero-order valence-corrected chi connectivity index (χ0v) is 16.2. The molecule has 2 fully saturated rings. The number of aromatic nitrogens is 1. The molecule has 154 valence electrons. The Morgan fingerprint density at radius 1 is 1.10 bits per heavy atom. The van der Waals surface area contributed by atoms with Crippen molar-refractivity contribution in [3.05, 3.63) is 39.2 Å². The molecule has 0 radical (unpaired) electrons. The molecule has 1 saturated carbocycles. The average molecular weight is 405 g/mol. The van der Waals surface area contributed by atoms with E-state index < -0.39 is 28.6 Å². The maximum absolute atomic E-state index is 15.6. The standard InChI is InChI=1S/C20H21F2N3O4/c1-10-14-17(25(12-3-4-12)9-13(19(14)27)20(28)29)16(22)18(15(10)21)24-7-5-23(6-8-24)11(2)26/h9,12H,3-8H2,1-2H3,(H,28,29). The minimum Gasteiger partial charge on any atom is -0.477 e. The smallest absolute Gasteiger partial charge is 0.341 e. The lowest BCUT2D eigenvalue weighted by molar-refractivity contribution is -0.129. The van der Waals surface area contributed by atoms with Gasteiger partial charge in [-0.05, 0) is 19.8 Å². The molecule has 7 nitrogen and oxygen atoms in total. The number of aryl methyl sites for hydroxylation is 1. The third-order valence-corrected chi connectivity index (χ3v) is 5.77. The fourth-order valence-electron chi connectivity index (χ4n) is 4.02. The highest BCUT2D eigenvalue weighted by Crippen LogP contribution is 2.40. The van der Waals surface area contributed by atoms with Gasteiger partial charge < -0.3 is 19.5 Å². The van der Waals surface area contributed by atoms with Crippen molar-refractivity contribution in [3.8, 4) is 0 Å². The van der Waals surface area contributed by atoms with E-state index in [0.717, 1.165) is 12.8 Å². The van der Waals surface area contributed by atoms with E-state index >= 15 is 8.78 Å². The molecular formula is C20H21F2N3O4. The number of nitrogens with zero attached hydrogens (tertiary/aromatic N) is 3. The number of carbonyl (C=O) groups is 2. The predicted octanol–water partition coefficient (Wildman–Crippen LogP) is 2.29. The van der Waals surface area contributed by atoms with Crippen molar-refractivity contribution in [3.63, 3.8) is 0 Å². The Morgan fingerprint density at radius 3 is 2.24 bits per heavy atom. The molecule has 29 heavy (non-hydrogen) atoms. The molecule has 1 saturated heterocycles. The van der Waals surface area contributed by atoms with Crippen LogP contribution >= 0.6 is 0 Å². The number of carbonyl (C=O) groups excluding carboxylic acids is 1. The zero-order chi connectivity index (χ0) is 21.0. The van der Waals surface area contributed by atoms with E-state index in [1.807, 2.05) is 0 Å². The first-order valence-electron chi connectivity index (χ1n) is 9.52. The Balaban J connectivity index is 1.94. The van der Waals surface area contributed by atoms with E-state index in [0.29, 0.717) is 13.1 Å². The summed E-state index contributed by atoms with van der Waals surface area (Å²) in [6.45, 7) is 4.04. The molecule has 4 rings (SSSR count). The van der Waals surface area contributed by atoms with Gasteiger partial charge in [-0.25, -0.2) is 13.6 Å². The number of amides is 1. The summed E-state index contributed by atoms with van der Waals surface area (Å²) in [4.78, 5) is 38.9. The van der Waals surface area contributed by atoms with Gasteiger partial charge in [0.2, 0.25) is 11.3 Å². The molecule has 0 unspecified atom stereocenters. The molecule has 1 amide bonds. The van der Waals surface area contributed by atoms with E-state index in [-0.39, 0.29) is 47.2 Å². The van der Waals surface area contributed by atoms with Crippen molar-refractivity contribution in [1.29, 1.82) is 0 Å². The molecule has 1 aromatic carbocycles. The lowest BCUT2D eigenvalue weighted by Gasteiger charge is -2.36. The van der Waals surface area contributed by atoms with Crippen molar-refractivity contribution < 1.29 is 23.5 Å². The van der Waals surface area contributed by atoms with Crippen LogP contribution < -0.4 is 10.3 Å². The summed E-state index contributed by atoms with van der Waals surface area (Å²) in [7, 11) is 0. The van der Waals surface area contributed by atoms with Crippen LogP contribution in [0.1, 0.15) is 41.7 Å². The Morgan fingerprint density at radius 2 is 1.72 bits per heavy atom. The van der Waals surface area contributed by atoms with Crippen molar-refractivity contribution in [1.82, 2.24) is 9.47 Å². The maximum Gasteiger partial charge on any atom is 0.341 e. The van der Waals surface area contributed by atoms with Crippen LogP contribution in [0, 0.1) is 18.6 Å². The first-order chi connectivity index (χ1) is 13.7. The molecule has 9 heteroatoms. The van der Waals surface area contributed by atoms with Gasteiger partial charge in [-0.2, -0.15) is 0 Å². The molecule has 1 aromatic heterocycles. The fraction of sp³-hybridized carbons (Fsp3) is 0.450. The lowest BCUT2D eigenvalue weighted by Crippen LogP contribution is -2.48. The topological polar surface area (TPSA) is 82.8 Å². The number of anilines is 1. The van der Waals surface area contributed by atoms with Crippen LogP contribution in [0.2, 0.25) is 0 Å². The third kappa shape index (κ3) is 3.04. The first kappa shape index (κ1) is 19.4. The third-order valence-electron chi connectivity index (χ3n) is 5.77. The van der Waals surface area contributed by atoms with Gasteiger partial charge in [0, 0.05) is 50.9 Å². The van der Waals surface area contributed by atoms with Crippen LogP contribution in [-0.2, 0) is 4.79 Å². The molecule has 1 N–H and O–H groups in total. The van der Waals surface area contributed by atoms with Crippen LogP contribution in [0.4, 0.5) is 14.5 Å². The quantitative estimate of drug-likeness (QED) is 0.847. The Bertz CT molecular complexity index is 1100. The van der Waals surface area contributed by atoms with Crippen molar-refractivity contribution >= 4 is 28.5 Å². The normalized spacial score (nSPS) is 17.1. The van der Waals surface area contributed by atoms with Gasteiger partial charge in [0.25, 0.3) is 0 Å². The lowest BCUT2D eigenvalue weighted by atomic mass is 10.0. The van der Waals surface area contributed by atoms with Gasteiger partial charge in [0.1, 0.15) is 11.3 Å². The number of aromatic carboxylic acids is 1. The second-order valence-electron chi connectivity index (χ2n) is 7.63. The highest BCUT2D eigenvalue weighted by Gasteiger charge is 2.33. The summed E-state index contributed by atoms with van der Waals surface area (Å²) in [6, 6.07) is -0.113. The number of rotatable bonds is 3. The molecule has 1 aliphatic carbocycles. The van der Waals surface area contributed by atoms with Crippen molar-refractivity contribution in [2.24, 2.45) is 0 Å². The number of fused-ring (bicyclic) bond motifs is 1. The predicted molar refractivity (Wildman–Crippen MR) is 103 cm³/mol. The molecule has 2 aliphatic rings.